The zero-order valence-electron chi connectivity index (χ0n) is 20.2. The summed E-state index contributed by atoms with van der Waals surface area (Å²) in [6.45, 7) is 1.35. The van der Waals surface area contributed by atoms with Crippen molar-refractivity contribution in [2.75, 3.05) is 11.9 Å². The zero-order valence-corrected chi connectivity index (χ0v) is 21.0. The lowest BCUT2D eigenvalue weighted by Crippen LogP contribution is -2.56. The molecule has 0 spiro atoms. The van der Waals surface area contributed by atoms with Crippen LogP contribution in [-0.2, 0) is 21.4 Å². The smallest absolute Gasteiger partial charge is 0.295 e. The molecule has 1 fully saturated rings. The molecule has 0 aliphatic carbocycles. The second kappa shape index (κ2) is 11.0. The van der Waals surface area contributed by atoms with Crippen molar-refractivity contribution in [3.8, 4) is 5.69 Å². The van der Waals surface area contributed by atoms with Gasteiger partial charge in [0, 0.05) is 13.3 Å². The lowest BCUT2D eigenvalue weighted by Gasteiger charge is -2.30. The molecule has 188 valence electrons. The van der Waals surface area contributed by atoms with E-state index in [0.29, 0.717) is 11.4 Å². The molecule has 0 unspecified atom stereocenters. The minimum atomic E-state index is -0.750. The first kappa shape index (κ1) is 25.5. The number of nitrogens with zero attached hydrogens (tertiary/aromatic N) is 5. The summed E-state index contributed by atoms with van der Waals surface area (Å²) >= 11 is 5.25. The molecular weight excluding hydrogens is 492 g/mol. The first-order valence-corrected chi connectivity index (χ1v) is 11.8. The number of thiocarbonyl (C=S) groups is 1. The quantitative estimate of drug-likeness (QED) is 0.294. The highest BCUT2D eigenvalue weighted by Crippen LogP contribution is 2.16. The van der Waals surface area contributed by atoms with Crippen molar-refractivity contribution in [1.29, 1.82) is 0 Å². The number of nitrogens with one attached hydrogen (secondary N) is 1. The Hall–Kier alpha value is -4.64. The van der Waals surface area contributed by atoms with Crippen molar-refractivity contribution in [2.24, 2.45) is 12.1 Å². The molecular formula is C26H24N6O4S. The number of hydrazone groups is 1. The van der Waals surface area contributed by atoms with Crippen molar-refractivity contribution in [2.45, 2.75) is 13.3 Å². The molecule has 1 aliphatic rings. The number of allylic oxidation sites excluding steroid dienone is 1. The number of carbonyl (C=O) groups is 3. The average Bonchev–Trinajstić information content (AvgIpc) is 3.10. The maximum absolute atomic E-state index is 13.1. The predicted octanol–water partition coefficient (Wildman–Crippen LogP) is 2.47. The number of para-hydroxylation sites is 1. The van der Waals surface area contributed by atoms with Gasteiger partial charge in [-0.1, -0.05) is 54.6 Å². The first-order valence-electron chi connectivity index (χ1n) is 11.4. The van der Waals surface area contributed by atoms with E-state index in [2.05, 4.69) is 10.4 Å². The van der Waals surface area contributed by atoms with Crippen LogP contribution >= 0.6 is 12.2 Å². The lowest BCUT2D eigenvalue weighted by molar-refractivity contribution is -0.145. The van der Waals surface area contributed by atoms with Crippen LogP contribution in [0.15, 0.2) is 76.6 Å². The monoisotopic (exact) mass is 516 g/mol. The van der Waals surface area contributed by atoms with E-state index in [1.807, 2.05) is 48.5 Å². The summed E-state index contributed by atoms with van der Waals surface area (Å²) in [4.78, 5) is 51.7. The van der Waals surface area contributed by atoms with Gasteiger partial charge in [-0.2, -0.15) is 10.1 Å². The van der Waals surface area contributed by atoms with Crippen molar-refractivity contribution >= 4 is 53.0 Å². The van der Waals surface area contributed by atoms with Gasteiger partial charge < -0.3 is 5.32 Å². The van der Waals surface area contributed by atoms with Crippen molar-refractivity contribution < 1.29 is 14.4 Å². The van der Waals surface area contributed by atoms with Crippen LogP contribution in [0.2, 0.25) is 0 Å². The summed E-state index contributed by atoms with van der Waals surface area (Å²) in [7, 11) is 1.73. The number of hydrogen-bond acceptors (Lipinski definition) is 7. The Kier molecular flexibility index (Phi) is 7.54. The number of carbonyl (C=O) groups excluding carboxylic acids is 3. The van der Waals surface area contributed by atoms with Crippen LogP contribution in [0.3, 0.4) is 0 Å². The van der Waals surface area contributed by atoms with Crippen LogP contribution in [-0.4, -0.2) is 54.9 Å². The van der Waals surface area contributed by atoms with Crippen LogP contribution < -0.4 is 10.9 Å². The second-order valence-corrected chi connectivity index (χ2v) is 8.48. The molecule has 1 aromatic heterocycles. The lowest BCUT2D eigenvalue weighted by atomic mass is 10.2. The number of anilines is 1. The molecule has 0 atom stereocenters. The van der Waals surface area contributed by atoms with E-state index >= 15 is 0 Å². The van der Waals surface area contributed by atoms with Gasteiger partial charge in [0.1, 0.15) is 12.1 Å². The highest BCUT2D eigenvalue weighted by atomic mass is 32.1. The van der Waals surface area contributed by atoms with Crippen molar-refractivity contribution in [3.63, 3.8) is 0 Å². The van der Waals surface area contributed by atoms with E-state index in [1.54, 1.807) is 42.9 Å². The number of rotatable bonds is 7. The largest absolute Gasteiger partial charge is 0.370 e. The predicted molar refractivity (Wildman–Crippen MR) is 144 cm³/mol. The molecule has 3 aromatic rings. The van der Waals surface area contributed by atoms with Gasteiger partial charge in [-0.15, -0.1) is 0 Å². The van der Waals surface area contributed by atoms with Gasteiger partial charge in [-0.05, 0) is 42.9 Å². The third kappa shape index (κ3) is 5.31. The zero-order chi connectivity index (χ0) is 26.5. The van der Waals surface area contributed by atoms with Crippen LogP contribution in [0.4, 0.5) is 5.69 Å². The maximum Gasteiger partial charge on any atom is 0.295 e. The number of benzene rings is 2. The molecule has 0 bridgehead atoms. The summed E-state index contributed by atoms with van der Waals surface area (Å²) in [6, 6.07) is 18.5. The maximum atomic E-state index is 13.1. The Bertz CT molecular complexity index is 1470. The van der Waals surface area contributed by atoms with E-state index in [4.69, 9.17) is 12.2 Å². The highest BCUT2D eigenvalue weighted by Gasteiger charge is 2.38. The van der Waals surface area contributed by atoms with Gasteiger partial charge in [0.25, 0.3) is 17.4 Å². The first-order chi connectivity index (χ1) is 17.8. The van der Waals surface area contributed by atoms with E-state index in [-0.39, 0.29) is 22.9 Å². The second-order valence-electron chi connectivity index (χ2n) is 8.11. The van der Waals surface area contributed by atoms with E-state index < -0.39 is 24.1 Å². The van der Waals surface area contributed by atoms with E-state index in [0.717, 1.165) is 15.5 Å². The third-order valence-corrected chi connectivity index (χ3v) is 6.09. The van der Waals surface area contributed by atoms with Crippen molar-refractivity contribution in [1.82, 2.24) is 19.3 Å². The number of amides is 3. The molecule has 1 aliphatic heterocycles. The third-order valence-electron chi connectivity index (χ3n) is 5.74. The fourth-order valence-corrected chi connectivity index (χ4v) is 4.14. The van der Waals surface area contributed by atoms with Crippen LogP contribution in [0.5, 0.6) is 0 Å². The highest BCUT2D eigenvalue weighted by molar-refractivity contribution is 7.80. The van der Waals surface area contributed by atoms with Crippen molar-refractivity contribution in [3.05, 3.63) is 88.4 Å². The normalized spacial score (nSPS) is 14.3. The van der Waals surface area contributed by atoms with Gasteiger partial charge in [0.2, 0.25) is 11.0 Å². The summed E-state index contributed by atoms with van der Waals surface area (Å²) in [5.41, 5.74) is 2.06. The summed E-state index contributed by atoms with van der Waals surface area (Å²) in [6.07, 6.45) is 4.19. The fraction of sp³-hybridized carbons (Fsp3) is 0.154. The molecule has 0 saturated carbocycles. The SMILES string of the molecule is Cc1c(NCC(=O)N2C(=O)CC(=O)N(/N=C/C=C/c3ccccc3)C2=S)c(=O)n(-c2ccccc2)n1C. The van der Waals surface area contributed by atoms with Crippen LogP contribution in [0, 0.1) is 6.92 Å². The van der Waals surface area contributed by atoms with Gasteiger partial charge >= 0.3 is 0 Å². The summed E-state index contributed by atoms with van der Waals surface area (Å²) in [5, 5.41) is 7.37. The number of imide groups is 1. The van der Waals surface area contributed by atoms with Gasteiger partial charge in [0.05, 0.1) is 17.9 Å². The minimum Gasteiger partial charge on any atom is -0.370 e. The molecule has 1 N–H and O–H groups in total. The average molecular weight is 517 g/mol. The molecule has 10 nitrogen and oxygen atoms in total. The van der Waals surface area contributed by atoms with Crippen LogP contribution in [0.1, 0.15) is 17.7 Å². The van der Waals surface area contributed by atoms with E-state index in [9.17, 15) is 19.2 Å². The van der Waals surface area contributed by atoms with Gasteiger partial charge in [-0.3, -0.25) is 23.9 Å². The summed E-state index contributed by atoms with van der Waals surface area (Å²) < 4.78 is 3.14. The number of hydrogen-bond donors (Lipinski definition) is 1. The fourth-order valence-electron chi connectivity index (χ4n) is 3.79. The Balaban J connectivity index is 1.48. The molecule has 2 heterocycles. The Labute approximate surface area is 218 Å². The molecule has 11 heteroatoms. The minimum absolute atomic E-state index is 0.215. The van der Waals surface area contributed by atoms with Gasteiger partial charge in [-0.25, -0.2) is 9.58 Å². The number of aromatic nitrogens is 2. The molecule has 1 saturated heterocycles. The Morgan fingerprint density at radius 2 is 1.68 bits per heavy atom. The molecule has 2 aromatic carbocycles. The molecule has 0 radical (unpaired) electrons. The Morgan fingerprint density at radius 3 is 2.35 bits per heavy atom. The molecule has 4 rings (SSSR count). The summed E-state index contributed by atoms with van der Waals surface area (Å²) in [5.74, 6) is -2.10. The topological polar surface area (TPSA) is 109 Å². The van der Waals surface area contributed by atoms with Crippen LogP contribution in [0.25, 0.3) is 11.8 Å². The Morgan fingerprint density at radius 1 is 1.03 bits per heavy atom. The van der Waals surface area contributed by atoms with E-state index in [1.165, 1.54) is 10.9 Å². The molecule has 3 amide bonds. The molecule has 37 heavy (non-hydrogen) atoms. The van der Waals surface area contributed by atoms with Gasteiger partial charge in [0.15, 0.2) is 0 Å². The standard InChI is InChI=1S/C26H24N6O4S/c1-18-24(25(36)32(29(18)2)20-13-7-4-8-14-20)27-17-23(35)30-21(33)16-22(34)31(26(30)37)28-15-9-12-19-10-5-3-6-11-19/h3-15,27H,16-17H2,1-2H3/b12-9+,28-15+.